The van der Waals surface area contributed by atoms with Crippen molar-refractivity contribution in [3.05, 3.63) is 47.4 Å². The van der Waals surface area contributed by atoms with Crippen LogP contribution in [0.1, 0.15) is 48.7 Å². The number of anilines is 1. The molecule has 2 atom stereocenters. The summed E-state index contributed by atoms with van der Waals surface area (Å²) in [6.07, 6.45) is 5.96. The second-order valence-electron chi connectivity index (χ2n) is 7.94. The number of rotatable bonds is 4. The van der Waals surface area contributed by atoms with Crippen LogP contribution in [0.4, 0.5) is 10.2 Å². The first kappa shape index (κ1) is 16.1. The van der Waals surface area contributed by atoms with Gasteiger partial charge >= 0.3 is 0 Å². The van der Waals surface area contributed by atoms with Gasteiger partial charge in [-0.15, -0.1) is 0 Å². The molecule has 1 saturated carbocycles. The molecule has 2 bridgehead atoms. The van der Waals surface area contributed by atoms with Crippen molar-refractivity contribution >= 4 is 5.82 Å². The van der Waals surface area contributed by atoms with Crippen LogP contribution in [0.3, 0.4) is 0 Å². The molecule has 6 heteroatoms. The van der Waals surface area contributed by atoms with Crippen LogP contribution in [0.15, 0.2) is 24.5 Å². The van der Waals surface area contributed by atoms with Crippen LogP contribution in [0, 0.1) is 12.7 Å². The molecule has 5 nitrogen and oxygen atoms in total. The Morgan fingerprint density at radius 2 is 1.96 bits per heavy atom. The number of piperidine rings is 1. The molecule has 0 N–H and O–H groups in total. The Balaban J connectivity index is 1.31. The fourth-order valence-electron chi connectivity index (χ4n) is 4.61. The molecule has 5 heterocycles. The number of hydrogen-bond donors (Lipinski definition) is 0. The van der Waals surface area contributed by atoms with Gasteiger partial charge in [-0.2, -0.15) is 0 Å². The molecule has 0 aromatic carbocycles. The Morgan fingerprint density at radius 1 is 1.15 bits per heavy atom. The van der Waals surface area contributed by atoms with E-state index in [0.29, 0.717) is 29.5 Å². The molecule has 136 valence electrons. The summed E-state index contributed by atoms with van der Waals surface area (Å²) in [5, 5.41) is 0. The maximum Gasteiger partial charge on any atom is 0.187 e. The zero-order chi connectivity index (χ0) is 17.7. The highest BCUT2D eigenvalue weighted by atomic mass is 19.1. The van der Waals surface area contributed by atoms with Gasteiger partial charge in [-0.25, -0.2) is 14.4 Å². The third-order valence-electron chi connectivity index (χ3n) is 6.13. The quantitative estimate of drug-likeness (QED) is 0.845. The molecular formula is C20H24FN5. The van der Waals surface area contributed by atoms with Gasteiger partial charge in [0.1, 0.15) is 6.33 Å². The minimum atomic E-state index is -0.180. The molecule has 3 aliphatic heterocycles. The number of hydrogen-bond acceptors (Lipinski definition) is 5. The van der Waals surface area contributed by atoms with Gasteiger partial charge < -0.3 is 4.90 Å². The first-order chi connectivity index (χ1) is 12.7. The summed E-state index contributed by atoms with van der Waals surface area (Å²) in [5.74, 6) is 0.638. The van der Waals surface area contributed by atoms with E-state index in [1.165, 1.54) is 6.42 Å². The van der Waals surface area contributed by atoms with E-state index in [9.17, 15) is 0 Å². The molecule has 0 amide bonds. The zero-order valence-electron chi connectivity index (χ0n) is 15.1. The second kappa shape index (κ2) is 6.27. The highest BCUT2D eigenvalue weighted by Gasteiger charge is 2.46. The summed E-state index contributed by atoms with van der Waals surface area (Å²) < 4.78 is 15.0. The van der Waals surface area contributed by atoms with Crippen molar-refractivity contribution in [2.75, 3.05) is 18.0 Å². The minimum absolute atomic E-state index is 0.180. The topological polar surface area (TPSA) is 45.2 Å². The van der Waals surface area contributed by atoms with E-state index in [2.05, 4.69) is 36.9 Å². The standard InChI is InChI=1S/C20H24FN5/c1-13-4-2-7-15(24-13)9-25-10-16-8-17(11-25)26(16)20-18(21)19(22-12-23-20)14-5-3-6-14/h2,4,7,12,14,16-17H,3,5-6,8-11H2,1H3. The minimum Gasteiger partial charge on any atom is -0.345 e. The summed E-state index contributed by atoms with van der Waals surface area (Å²) in [4.78, 5) is 17.8. The highest BCUT2D eigenvalue weighted by molar-refractivity contribution is 5.49. The maximum absolute atomic E-state index is 15.0. The lowest BCUT2D eigenvalue weighted by Gasteiger charge is -2.57. The monoisotopic (exact) mass is 353 g/mol. The Labute approximate surface area is 153 Å². The molecule has 4 aliphatic rings. The molecule has 6 rings (SSSR count). The third-order valence-corrected chi connectivity index (χ3v) is 6.13. The van der Waals surface area contributed by atoms with Crippen LogP contribution in [0.5, 0.6) is 0 Å². The van der Waals surface area contributed by atoms with E-state index in [1.807, 2.05) is 13.0 Å². The summed E-state index contributed by atoms with van der Waals surface area (Å²) in [6.45, 7) is 4.77. The van der Waals surface area contributed by atoms with Crippen molar-refractivity contribution in [3.8, 4) is 0 Å². The normalized spacial score (nSPS) is 25.7. The van der Waals surface area contributed by atoms with Crippen molar-refractivity contribution in [3.63, 3.8) is 0 Å². The van der Waals surface area contributed by atoms with E-state index in [1.54, 1.807) is 6.33 Å². The SMILES string of the molecule is Cc1cccc(CN2CC3CC(C2)N3c2ncnc(C3CCC3)c2F)n1. The Morgan fingerprint density at radius 3 is 2.65 bits per heavy atom. The molecule has 2 unspecified atom stereocenters. The van der Waals surface area contributed by atoms with Crippen LogP contribution in [0.2, 0.25) is 0 Å². The smallest absolute Gasteiger partial charge is 0.187 e. The number of nitrogens with zero attached hydrogens (tertiary/aromatic N) is 5. The van der Waals surface area contributed by atoms with Crippen molar-refractivity contribution in [2.24, 2.45) is 0 Å². The van der Waals surface area contributed by atoms with Gasteiger partial charge in [0, 0.05) is 43.3 Å². The average molecular weight is 353 g/mol. The Hall–Kier alpha value is -2.08. The third kappa shape index (κ3) is 2.67. The fourth-order valence-corrected chi connectivity index (χ4v) is 4.61. The van der Waals surface area contributed by atoms with Gasteiger partial charge in [-0.3, -0.25) is 9.88 Å². The molecule has 26 heavy (non-hydrogen) atoms. The van der Waals surface area contributed by atoms with Crippen LogP contribution < -0.4 is 4.90 Å². The maximum atomic E-state index is 15.0. The second-order valence-corrected chi connectivity index (χ2v) is 7.94. The Kier molecular flexibility index (Phi) is 3.89. The molecule has 2 aromatic heterocycles. The first-order valence-corrected chi connectivity index (χ1v) is 9.62. The summed E-state index contributed by atoms with van der Waals surface area (Å²) >= 11 is 0. The lowest BCUT2D eigenvalue weighted by molar-refractivity contribution is 0.105. The molecule has 4 fully saturated rings. The van der Waals surface area contributed by atoms with Gasteiger partial charge in [0.05, 0.1) is 11.4 Å². The van der Waals surface area contributed by atoms with Crippen molar-refractivity contribution in [1.82, 2.24) is 19.9 Å². The lowest BCUT2D eigenvalue weighted by Crippen LogP contribution is -2.69. The Bertz CT molecular complexity index is 810. The number of halogens is 1. The van der Waals surface area contributed by atoms with Crippen molar-refractivity contribution in [2.45, 2.75) is 57.2 Å². The number of pyridine rings is 1. The van der Waals surface area contributed by atoms with E-state index in [4.69, 9.17) is 0 Å². The number of aromatic nitrogens is 3. The molecule has 1 aliphatic carbocycles. The predicted octanol–water partition coefficient (Wildman–Crippen LogP) is 3.05. The van der Waals surface area contributed by atoms with Gasteiger partial charge in [0.15, 0.2) is 11.6 Å². The largest absolute Gasteiger partial charge is 0.345 e. The molecular weight excluding hydrogens is 329 g/mol. The van der Waals surface area contributed by atoms with E-state index in [0.717, 1.165) is 50.3 Å². The van der Waals surface area contributed by atoms with Crippen molar-refractivity contribution < 1.29 is 4.39 Å². The van der Waals surface area contributed by atoms with Gasteiger partial charge in [0.2, 0.25) is 0 Å². The summed E-state index contributed by atoms with van der Waals surface area (Å²) in [5.41, 5.74) is 2.79. The van der Waals surface area contributed by atoms with Gasteiger partial charge in [0.25, 0.3) is 0 Å². The highest BCUT2D eigenvalue weighted by Crippen LogP contribution is 2.41. The molecule has 0 spiro atoms. The molecule has 3 saturated heterocycles. The number of fused-ring (bicyclic) bond motifs is 2. The van der Waals surface area contributed by atoms with Crippen LogP contribution in [0.25, 0.3) is 0 Å². The summed E-state index contributed by atoms with van der Waals surface area (Å²) in [7, 11) is 0. The molecule has 2 aromatic rings. The number of piperazine rings is 1. The van der Waals surface area contributed by atoms with Crippen LogP contribution >= 0.6 is 0 Å². The van der Waals surface area contributed by atoms with Crippen LogP contribution in [-0.4, -0.2) is 45.0 Å². The first-order valence-electron chi connectivity index (χ1n) is 9.62. The predicted molar refractivity (Wildman–Crippen MR) is 97.5 cm³/mol. The lowest BCUT2D eigenvalue weighted by atomic mass is 9.82. The number of aryl methyl sites for hydroxylation is 1. The molecule has 0 radical (unpaired) electrons. The zero-order valence-corrected chi connectivity index (χ0v) is 15.1. The average Bonchev–Trinajstić information content (AvgIpc) is 2.57. The van der Waals surface area contributed by atoms with E-state index < -0.39 is 0 Å². The van der Waals surface area contributed by atoms with Crippen molar-refractivity contribution in [1.29, 1.82) is 0 Å². The van der Waals surface area contributed by atoms with E-state index in [-0.39, 0.29) is 5.82 Å². The van der Waals surface area contributed by atoms with Gasteiger partial charge in [-0.1, -0.05) is 12.5 Å². The fraction of sp³-hybridized carbons (Fsp3) is 0.550. The van der Waals surface area contributed by atoms with E-state index >= 15 is 4.39 Å². The summed E-state index contributed by atoms with van der Waals surface area (Å²) in [6, 6.07) is 6.86. The van der Waals surface area contributed by atoms with Crippen LogP contribution in [-0.2, 0) is 6.54 Å². The van der Waals surface area contributed by atoms with Gasteiger partial charge in [-0.05, 0) is 38.3 Å².